The zero-order valence-electron chi connectivity index (χ0n) is 10.2. The molecule has 1 aromatic carbocycles. The van der Waals surface area contributed by atoms with Crippen LogP contribution >= 0.6 is 0 Å². The first-order valence-corrected chi connectivity index (χ1v) is 5.85. The van der Waals surface area contributed by atoms with Gasteiger partial charge in [-0.1, -0.05) is 6.92 Å². The molecule has 0 aromatic heterocycles. The third-order valence-electron chi connectivity index (χ3n) is 3.45. The van der Waals surface area contributed by atoms with Crippen LogP contribution in [0.15, 0.2) is 12.1 Å². The minimum atomic E-state index is 0.0814. The van der Waals surface area contributed by atoms with E-state index in [1.54, 1.807) is 14.0 Å². The van der Waals surface area contributed by atoms with E-state index >= 15 is 0 Å². The van der Waals surface area contributed by atoms with Crippen LogP contribution in [0.1, 0.15) is 54.1 Å². The lowest BCUT2D eigenvalue weighted by Gasteiger charge is -2.24. The van der Waals surface area contributed by atoms with Crippen molar-refractivity contribution in [1.29, 1.82) is 0 Å². The summed E-state index contributed by atoms with van der Waals surface area (Å²) in [6.07, 6.45) is 3.54. The fraction of sp³-hybridized carbons (Fsp3) is 0.500. The van der Waals surface area contributed by atoms with Gasteiger partial charge in [0.15, 0.2) is 5.78 Å². The van der Waals surface area contributed by atoms with Crippen molar-refractivity contribution in [3.63, 3.8) is 0 Å². The van der Waals surface area contributed by atoms with Gasteiger partial charge in [0.2, 0.25) is 0 Å². The minimum Gasteiger partial charge on any atom is -0.496 e. The van der Waals surface area contributed by atoms with Crippen LogP contribution in [0, 0.1) is 0 Å². The Kier molecular flexibility index (Phi) is 2.99. The Morgan fingerprint density at radius 1 is 1.44 bits per heavy atom. The average Bonchev–Trinajstić information content (AvgIpc) is 2.28. The summed E-state index contributed by atoms with van der Waals surface area (Å²) in [6.45, 7) is 3.83. The van der Waals surface area contributed by atoms with Crippen molar-refractivity contribution in [2.45, 2.75) is 39.0 Å². The highest BCUT2D eigenvalue weighted by molar-refractivity contribution is 5.97. The highest BCUT2D eigenvalue weighted by Gasteiger charge is 2.20. The van der Waals surface area contributed by atoms with Gasteiger partial charge < -0.3 is 4.74 Å². The second-order valence-electron chi connectivity index (χ2n) is 4.60. The maximum absolute atomic E-state index is 11.5. The molecule has 0 radical (unpaired) electrons. The first kappa shape index (κ1) is 11.2. The number of carbonyl (C=O) groups excluding carboxylic acids is 1. The smallest absolute Gasteiger partial charge is 0.163 e. The molecule has 0 spiro atoms. The normalized spacial score (nSPS) is 19.1. The van der Waals surface area contributed by atoms with E-state index in [1.807, 2.05) is 6.07 Å². The summed E-state index contributed by atoms with van der Waals surface area (Å²) >= 11 is 0. The number of benzene rings is 1. The van der Waals surface area contributed by atoms with Crippen molar-refractivity contribution in [2.24, 2.45) is 0 Å². The summed E-state index contributed by atoms with van der Waals surface area (Å²) in [7, 11) is 1.63. The van der Waals surface area contributed by atoms with Gasteiger partial charge in [-0.2, -0.15) is 0 Å². The van der Waals surface area contributed by atoms with Gasteiger partial charge >= 0.3 is 0 Å². The SMILES string of the molecule is COc1cc2c(cc1C(C)=O)CCC[C@H]2C. The molecule has 0 saturated heterocycles. The van der Waals surface area contributed by atoms with Gasteiger partial charge in [0.1, 0.15) is 5.75 Å². The van der Waals surface area contributed by atoms with Gasteiger partial charge in [-0.25, -0.2) is 0 Å². The molecule has 0 aliphatic heterocycles. The first-order valence-electron chi connectivity index (χ1n) is 5.85. The summed E-state index contributed by atoms with van der Waals surface area (Å²) in [5, 5.41) is 0. The number of hydrogen-bond donors (Lipinski definition) is 0. The van der Waals surface area contributed by atoms with Crippen molar-refractivity contribution >= 4 is 5.78 Å². The number of methoxy groups -OCH3 is 1. The van der Waals surface area contributed by atoms with Gasteiger partial charge in [-0.15, -0.1) is 0 Å². The van der Waals surface area contributed by atoms with Crippen LogP contribution < -0.4 is 4.74 Å². The summed E-state index contributed by atoms with van der Waals surface area (Å²) in [5.41, 5.74) is 3.40. The summed E-state index contributed by atoms with van der Waals surface area (Å²) in [4.78, 5) is 11.5. The number of hydrogen-bond acceptors (Lipinski definition) is 2. The fourth-order valence-electron chi connectivity index (χ4n) is 2.51. The molecule has 0 saturated carbocycles. The Hall–Kier alpha value is -1.31. The molecular weight excluding hydrogens is 200 g/mol. The second-order valence-corrected chi connectivity index (χ2v) is 4.60. The maximum Gasteiger partial charge on any atom is 0.163 e. The lowest BCUT2D eigenvalue weighted by atomic mass is 9.82. The minimum absolute atomic E-state index is 0.0814. The van der Waals surface area contributed by atoms with Crippen LogP contribution in [0.4, 0.5) is 0 Å². The Bertz CT molecular complexity index is 421. The van der Waals surface area contributed by atoms with Gasteiger partial charge in [-0.3, -0.25) is 4.79 Å². The topological polar surface area (TPSA) is 26.3 Å². The largest absolute Gasteiger partial charge is 0.496 e. The Morgan fingerprint density at radius 3 is 2.81 bits per heavy atom. The number of carbonyl (C=O) groups is 1. The molecule has 2 nitrogen and oxygen atoms in total. The third-order valence-corrected chi connectivity index (χ3v) is 3.45. The van der Waals surface area contributed by atoms with Crippen molar-refractivity contribution < 1.29 is 9.53 Å². The number of rotatable bonds is 2. The maximum atomic E-state index is 11.5. The van der Waals surface area contributed by atoms with E-state index in [9.17, 15) is 4.79 Å². The quantitative estimate of drug-likeness (QED) is 0.712. The molecule has 0 N–H and O–H groups in total. The van der Waals surface area contributed by atoms with Gasteiger partial charge in [0.05, 0.1) is 12.7 Å². The van der Waals surface area contributed by atoms with E-state index in [1.165, 1.54) is 24.0 Å². The molecule has 0 amide bonds. The van der Waals surface area contributed by atoms with E-state index in [4.69, 9.17) is 4.74 Å². The van der Waals surface area contributed by atoms with Crippen LogP contribution in [0.25, 0.3) is 0 Å². The first-order chi connectivity index (χ1) is 7.63. The Labute approximate surface area is 96.6 Å². The molecule has 0 unspecified atom stereocenters. The number of aryl methyl sites for hydroxylation is 1. The molecule has 1 atom stereocenters. The van der Waals surface area contributed by atoms with Crippen molar-refractivity contribution in [3.8, 4) is 5.75 Å². The monoisotopic (exact) mass is 218 g/mol. The van der Waals surface area contributed by atoms with E-state index in [2.05, 4.69) is 13.0 Å². The molecule has 1 aliphatic carbocycles. The number of ether oxygens (including phenoxy) is 1. The molecule has 86 valence electrons. The molecule has 1 aromatic rings. The molecule has 16 heavy (non-hydrogen) atoms. The predicted molar refractivity (Wildman–Crippen MR) is 64.4 cm³/mol. The van der Waals surface area contributed by atoms with Crippen molar-refractivity contribution in [2.75, 3.05) is 7.11 Å². The molecule has 0 bridgehead atoms. The number of fused-ring (bicyclic) bond motifs is 1. The number of ketones is 1. The molecule has 0 fully saturated rings. The molecule has 2 heteroatoms. The van der Waals surface area contributed by atoms with Crippen molar-refractivity contribution in [3.05, 3.63) is 28.8 Å². The van der Waals surface area contributed by atoms with Crippen LogP contribution in [0.3, 0.4) is 0 Å². The highest BCUT2D eigenvalue weighted by Crippen LogP contribution is 2.35. The van der Waals surface area contributed by atoms with Crippen molar-refractivity contribution in [1.82, 2.24) is 0 Å². The highest BCUT2D eigenvalue weighted by atomic mass is 16.5. The summed E-state index contributed by atoms with van der Waals surface area (Å²) in [5.74, 6) is 1.39. The van der Waals surface area contributed by atoms with Gasteiger partial charge in [-0.05, 0) is 55.4 Å². The van der Waals surface area contributed by atoms with E-state index in [0.717, 1.165) is 17.7 Å². The zero-order valence-corrected chi connectivity index (χ0v) is 10.2. The molecule has 2 rings (SSSR count). The van der Waals surface area contributed by atoms with E-state index < -0.39 is 0 Å². The third kappa shape index (κ3) is 1.84. The standard InChI is InChI=1S/C14H18O2/c1-9-5-4-6-11-7-13(10(2)15)14(16-3)8-12(9)11/h7-9H,4-6H2,1-3H3/t9-/m1/s1. The van der Waals surface area contributed by atoms with Gasteiger partial charge in [0.25, 0.3) is 0 Å². The van der Waals surface area contributed by atoms with E-state index in [-0.39, 0.29) is 5.78 Å². The van der Waals surface area contributed by atoms with Crippen LogP contribution in [-0.4, -0.2) is 12.9 Å². The van der Waals surface area contributed by atoms with Crippen LogP contribution in [-0.2, 0) is 6.42 Å². The summed E-state index contributed by atoms with van der Waals surface area (Å²) in [6, 6.07) is 4.07. The molecule has 1 aliphatic rings. The lowest BCUT2D eigenvalue weighted by Crippen LogP contribution is -2.10. The van der Waals surface area contributed by atoms with Gasteiger partial charge in [0, 0.05) is 0 Å². The molecule has 0 heterocycles. The predicted octanol–water partition coefficient (Wildman–Crippen LogP) is 3.34. The summed E-state index contributed by atoms with van der Waals surface area (Å²) < 4.78 is 5.30. The zero-order chi connectivity index (χ0) is 11.7. The fourth-order valence-corrected chi connectivity index (χ4v) is 2.51. The Morgan fingerprint density at radius 2 is 2.19 bits per heavy atom. The second kappa shape index (κ2) is 4.28. The van der Waals surface area contributed by atoms with Crippen LogP contribution in [0.2, 0.25) is 0 Å². The number of Topliss-reactive ketones (excluding diaryl/α,β-unsaturated/α-hetero) is 1. The van der Waals surface area contributed by atoms with Crippen LogP contribution in [0.5, 0.6) is 5.75 Å². The molecular formula is C14H18O2. The Balaban J connectivity index is 2.55. The average molecular weight is 218 g/mol. The lowest BCUT2D eigenvalue weighted by molar-refractivity contribution is 0.101. The van der Waals surface area contributed by atoms with E-state index in [0.29, 0.717) is 5.92 Å².